The molecule has 1 aliphatic rings. The van der Waals surface area contributed by atoms with E-state index in [1.165, 1.54) is 0 Å². The number of carboxylic acid groups (broad SMARTS) is 1. The molecule has 0 radical (unpaired) electrons. The van der Waals surface area contributed by atoms with Gasteiger partial charge in [0.25, 0.3) is 0 Å². The van der Waals surface area contributed by atoms with E-state index in [9.17, 15) is 9.59 Å². The highest BCUT2D eigenvalue weighted by atomic mass is 28.4. The van der Waals surface area contributed by atoms with Crippen LogP contribution in [0.2, 0.25) is 18.1 Å². The van der Waals surface area contributed by atoms with Crippen LogP contribution in [0.25, 0.3) is 6.08 Å². The summed E-state index contributed by atoms with van der Waals surface area (Å²) in [5.74, 6) is -0.548. The topological polar surface area (TPSA) is 63.6 Å². The van der Waals surface area contributed by atoms with Crippen LogP contribution in [-0.4, -0.2) is 31.3 Å². The molecule has 170 valence electrons. The standard InChI is InChI=1S/C26H38O4Si/c1-26(2,3)31(4,5)30-24-19-23(27)21(15-11-6-7-12-16-25(28)29)22(24)18-17-20-13-9-8-10-14-20/h6,8-11,13-14,17-18,21-22,24H,7,12,15-16,19H2,1-5H3,(H,28,29)/t21?,22-,24-/m1/s1. The second-order valence-electron chi connectivity index (χ2n) is 10.0. The summed E-state index contributed by atoms with van der Waals surface area (Å²) >= 11 is 0. The molecule has 0 aliphatic heterocycles. The number of benzene rings is 1. The first-order valence-corrected chi connectivity index (χ1v) is 14.2. The van der Waals surface area contributed by atoms with Crippen molar-refractivity contribution < 1.29 is 19.1 Å². The number of carbonyl (C=O) groups is 2. The molecule has 1 N–H and O–H groups in total. The predicted octanol–water partition coefficient (Wildman–Crippen LogP) is 6.50. The number of hydrogen-bond acceptors (Lipinski definition) is 3. The molecule has 0 amide bonds. The Balaban J connectivity index is 2.15. The largest absolute Gasteiger partial charge is 0.481 e. The lowest BCUT2D eigenvalue weighted by molar-refractivity contribution is -0.137. The molecule has 0 bridgehead atoms. The molecule has 31 heavy (non-hydrogen) atoms. The van der Waals surface area contributed by atoms with Crippen molar-refractivity contribution in [1.29, 1.82) is 0 Å². The van der Waals surface area contributed by atoms with E-state index in [1.54, 1.807) is 0 Å². The van der Waals surface area contributed by atoms with E-state index < -0.39 is 14.3 Å². The zero-order valence-electron chi connectivity index (χ0n) is 19.6. The number of allylic oxidation sites excluding steroid dienone is 2. The molecule has 2 rings (SSSR count). The van der Waals surface area contributed by atoms with Crippen LogP contribution in [0.1, 0.15) is 58.4 Å². The number of carboxylic acids is 1. The summed E-state index contributed by atoms with van der Waals surface area (Å²) in [4.78, 5) is 23.6. The van der Waals surface area contributed by atoms with Crippen molar-refractivity contribution in [2.75, 3.05) is 0 Å². The summed E-state index contributed by atoms with van der Waals surface area (Å²) in [5, 5.41) is 8.85. The Hall–Kier alpha value is -1.98. The minimum atomic E-state index is -2.00. The Labute approximate surface area is 188 Å². The Bertz CT molecular complexity index is 789. The van der Waals surface area contributed by atoms with Gasteiger partial charge in [-0.3, -0.25) is 9.59 Å². The molecule has 1 aliphatic carbocycles. The molecule has 0 heterocycles. The van der Waals surface area contributed by atoms with Gasteiger partial charge in [-0.2, -0.15) is 0 Å². The van der Waals surface area contributed by atoms with Crippen LogP contribution in [0.3, 0.4) is 0 Å². The summed E-state index contributed by atoms with van der Waals surface area (Å²) in [6, 6.07) is 10.2. The van der Waals surface area contributed by atoms with Gasteiger partial charge in [-0.15, -0.1) is 0 Å². The normalized spacial score (nSPS) is 22.6. The minimum Gasteiger partial charge on any atom is -0.481 e. The molecule has 1 aromatic carbocycles. The van der Waals surface area contributed by atoms with Crippen LogP contribution in [0.15, 0.2) is 48.6 Å². The highest BCUT2D eigenvalue weighted by molar-refractivity contribution is 6.74. The second-order valence-corrected chi connectivity index (χ2v) is 14.8. The smallest absolute Gasteiger partial charge is 0.303 e. The molecule has 0 spiro atoms. The van der Waals surface area contributed by atoms with Gasteiger partial charge in [0.05, 0.1) is 6.10 Å². The maximum atomic E-state index is 12.9. The summed E-state index contributed by atoms with van der Waals surface area (Å²) in [6.45, 7) is 11.2. The summed E-state index contributed by atoms with van der Waals surface area (Å²) < 4.78 is 6.71. The second kappa shape index (κ2) is 11.1. The van der Waals surface area contributed by atoms with Crippen LogP contribution in [0, 0.1) is 11.8 Å². The maximum Gasteiger partial charge on any atom is 0.303 e. The van der Waals surface area contributed by atoms with Crippen LogP contribution >= 0.6 is 0 Å². The van der Waals surface area contributed by atoms with Gasteiger partial charge in [0.1, 0.15) is 5.78 Å². The van der Waals surface area contributed by atoms with Crippen molar-refractivity contribution in [2.24, 2.45) is 11.8 Å². The Morgan fingerprint density at radius 2 is 1.87 bits per heavy atom. The van der Waals surface area contributed by atoms with Crippen LogP contribution < -0.4 is 0 Å². The van der Waals surface area contributed by atoms with E-state index in [4.69, 9.17) is 9.53 Å². The Morgan fingerprint density at radius 1 is 1.19 bits per heavy atom. The Morgan fingerprint density at radius 3 is 2.48 bits per heavy atom. The van der Waals surface area contributed by atoms with E-state index >= 15 is 0 Å². The Kier molecular flexibility index (Phi) is 9.01. The molecule has 1 saturated carbocycles. The molecule has 1 unspecified atom stereocenters. The molecule has 0 aromatic heterocycles. The number of hydrogen-bond donors (Lipinski definition) is 1. The summed E-state index contributed by atoms with van der Waals surface area (Å²) in [7, 11) is -2.00. The molecule has 3 atom stereocenters. The minimum absolute atomic E-state index is 0.0468. The van der Waals surface area contributed by atoms with Crippen molar-refractivity contribution in [2.45, 2.75) is 77.1 Å². The number of unbranched alkanes of at least 4 members (excludes halogenated alkanes) is 1. The molecule has 5 heteroatoms. The number of aliphatic carboxylic acids is 1. The first-order valence-electron chi connectivity index (χ1n) is 11.3. The molecular formula is C26H38O4Si. The van der Waals surface area contributed by atoms with Crippen molar-refractivity contribution in [3.8, 4) is 0 Å². The van der Waals surface area contributed by atoms with Crippen molar-refractivity contribution >= 4 is 26.1 Å². The van der Waals surface area contributed by atoms with Crippen molar-refractivity contribution in [1.82, 2.24) is 0 Å². The van der Waals surface area contributed by atoms with E-state index in [1.807, 2.05) is 30.4 Å². The van der Waals surface area contributed by atoms with Crippen molar-refractivity contribution in [3.63, 3.8) is 0 Å². The summed E-state index contributed by atoms with van der Waals surface area (Å²) in [6.07, 6.45) is 10.9. The highest BCUT2D eigenvalue weighted by Crippen LogP contribution is 2.43. The van der Waals surface area contributed by atoms with Crippen LogP contribution in [0.5, 0.6) is 0 Å². The van der Waals surface area contributed by atoms with Gasteiger partial charge >= 0.3 is 5.97 Å². The van der Waals surface area contributed by atoms with Crippen molar-refractivity contribution in [3.05, 3.63) is 54.1 Å². The number of carbonyl (C=O) groups excluding carboxylic acids is 1. The number of Topliss-reactive ketones (excluding diaryl/α,β-unsaturated/α-hetero) is 1. The molecule has 1 fully saturated rings. The number of ketones is 1. The van der Waals surface area contributed by atoms with Gasteiger partial charge in [-0.05, 0) is 43.0 Å². The van der Waals surface area contributed by atoms with Gasteiger partial charge in [0, 0.05) is 24.7 Å². The zero-order valence-corrected chi connectivity index (χ0v) is 20.6. The monoisotopic (exact) mass is 442 g/mol. The fraction of sp³-hybridized carbons (Fsp3) is 0.538. The lowest BCUT2D eigenvalue weighted by Crippen LogP contribution is -2.45. The van der Waals surface area contributed by atoms with E-state index in [0.717, 1.165) is 12.0 Å². The van der Waals surface area contributed by atoms with Gasteiger partial charge in [0.15, 0.2) is 8.32 Å². The third-order valence-electron chi connectivity index (χ3n) is 6.59. The van der Waals surface area contributed by atoms with Gasteiger partial charge in [-0.1, -0.05) is 75.4 Å². The van der Waals surface area contributed by atoms with E-state index in [-0.39, 0.29) is 35.2 Å². The number of rotatable bonds is 10. The lowest BCUT2D eigenvalue weighted by atomic mass is 9.90. The van der Waals surface area contributed by atoms with Gasteiger partial charge in [0.2, 0.25) is 0 Å². The quantitative estimate of drug-likeness (QED) is 0.255. The average Bonchev–Trinajstić information content (AvgIpc) is 2.96. The molecule has 4 nitrogen and oxygen atoms in total. The maximum absolute atomic E-state index is 12.9. The fourth-order valence-electron chi connectivity index (χ4n) is 3.70. The summed E-state index contributed by atoms with van der Waals surface area (Å²) in [5.41, 5.74) is 1.12. The van der Waals surface area contributed by atoms with Crippen LogP contribution in [-0.2, 0) is 14.0 Å². The SMILES string of the molecule is CC(C)(C)[Si](C)(C)O[C@@H]1CC(=O)C(CC=CCCCC(=O)O)[C@H]1C=Cc1ccccc1. The fourth-order valence-corrected chi connectivity index (χ4v) is 5.05. The molecule has 0 saturated heterocycles. The first kappa shape index (κ1) is 25.3. The molecular weight excluding hydrogens is 404 g/mol. The highest BCUT2D eigenvalue weighted by Gasteiger charge is 2.46. The van der Waals surface area contributed by atoms with E-state index in [0.29, 0.717) is 19.3 Å². The van der Waals surface area contributed by atoms with Gasteiger partial charge in [-0.25, -0.2) is 0 Å². The third kappa shape index (κ3) is 7.58. The predicted molar refractivity (Wildman–Crippen MR) is 129 cm³/mol. The first-order chi connectivity index (χ1) is 14.5. The zero-order chi connectivity index (χ0) is 23.1. The molecule has 1 aromatic rings. The lowest BCUT2D eigenvalue weighted by Gasteiger charge is -2.39. The van der Waals surface area contributed by atoms with E-state index in [2.05, 4.69) is 58.2 Å². The average molecular weight is 443 g/mol. The van der Waals surface area contributed by atoms with Crippen LogP contribution in [0.4, 0.5) is 0 Å². The third-order valence-corrected chi connectivity index (χ3v) is 11.1. The van der Waals surface area contributed by atoms with Gasteiger partial charge < -0.3 is 9.53 Å².